The van der Waals surface area contributed by atoms with E-state index in [4.69, 9.17) is 0 Å². The molecule has 3 rings (SSSR count). The zero-order valence-electron chi connectivity index (χ0n) is 13.4. The van der Waals surface area contributed by atoms with E-state index < -0.39 is 0 Å². The van der Waals surface area contributed by atoms with E-state index >= 15 is 0 Å². The van der Waals surface area contributed by atoms with E-state index in [-0.39, 0.29) is 11.2 Å². The Hall–Kier alpha value is -1.51. The molecule has 0 saturated heterocycles. The number of carbonyl (C=O) groups is 3. The van der Waals surface area contributed by atoms with Crippen molar-refractivity contribution >= 4 is 17.9 Å². The summed E-state index contributed by atoms with van der Waals surface area (Å²) in [6.45, 7) is 4.17. The molecule has 0 amide bonds. The van der Waals surface area contributed by atoms with Gasteiger partial charge in [-0.3, -0.25) is 14.4 Å². The Labute approximate surface area is 131 Å². The molecule has 22 heavy (non-hydrogen) atoms. The van der Waals surface area contributed by atoms with Crippen LogP contribution in [0.3, 0.4) is 0 Å². The Morgan fingerprint density at radius 2 is 2.00 bits per heavy atom. The topological polar surface area (TPSA) is 51.2 Å². The number of allylic oxidation sites excluding steroid dienone is 4. The van der Waals surface area contributed by atoms with Gasteiger partial charge in [0.15, 0.2) is 5.78 Å². The molecule has 0 heterocycles. The molecule has 3 aliphatic carbocycles. The summed E-state index contributed by atoms with van der Waals surface area (Å²) in [6.07, 6.45) is 9.00. The van der Waals surface area contributed by atoms with Gasteiger partial charge >= 0.3 is 0 Å². The van der Waals surface area contributed by atoms with Gasteiger partial charge in [0, 0.05) is 24.8 Å². The Balaban J connectivity index is 1.96. The molecule has 4 atom stereocenters. The molecule has 3 aliphatic rings. The van der Waals surface area contributed by atoms with Crippen LogP contribution in [-0.4, -0.2) is 17.9 Å². The first-order chi connectivity index (χ1) is 10.5. The van der Waals surface area contributed by atoms with Crippen LogP contribution in [0.15, 0.2) is 23.3 Å². The minimum atomic E-state index is -0.0735. The fourth-order valence-corrected chi connectivity index (χ4v) is 5.34. The molecule has 0 aromatic rings. The summed E-state index contributed by atoms with van der Waals surface area (Å²) in [5.74, 6) is 2.02. The van der Waals surface area contributed by atoms with Crippen molar-refractivity contribution in [3.05, 3.63) is 23.3 Å². The fourth-order valence-electron chi connectivity index (χ4n) is 5.34. The lowest BCUT2D eigenvalue weighted by molar-refractivity contribution is -0.125. The standard InChI is InChI=1S/C19H24O3/c1-12(4-3-9-20)18-17(22)11-16-15-6-5-14(21)10-13(15)7-8-19(16,18)2/h3-4,9,13,15-16H,5-8,10-11H2,1-2H3. The van der Waals surface area contributed by atoms with Gasteiger partial charge in [-0.05, 0) is 61.0 Å². The minimum Gasteiger partial charge on any atom is -0.300 e. The molecule has 0 radical (unpaired) electrons. The normalized spacial score (nSPS) is 40.5. The van der Waals surface area contributed by atoms with E-state index in [1.165, 1.54) is 6.08 Å². The number of rotatable bonds is 2. The van der Waals surface area contributed by atoms with Gasteiger partial charge in [-0.1, -0.05) is 13.0 Å². The summed E-state index contributed by atoms with van der Waals surface area (Å²) in [5.41, 5.74) is 1.80. The van der Waals surface area contributed by atoms with Gasteiger partial charge in [0.2, 0.25) is 0 Å². The lowest BCUT2D eigenvalue weighted by Crippen LogP contribution is -2.42. The van der Waals surface area contributed by atoms with Crippen LogP contribution in [-0.2, 0) is 14.4 Å². The van der Waals surface area contributed by atoms with Gasteiger partial charge in [-0.15, -0.1) is 0 Å². The highest BCUT2D eigenvalue weighted by molar-refractivity contribution is 6.01. The molecule has 0 bridgehead atoms. The lowest BCUT2D eigenvalue weighted by atomic mass is 9.55. The number of ketones is 2. The predicted octanol–water partition coefficient (Wildman–Crippen LogP) is 3.43. The second kappa shape index (κ2) is 5.60. The Bertz CT molecular complexity index is 583. The molecular weight excluding hydrogens is 276 g/mol. The molecule has 118 valence electrons. The highest BCUT2D eigenvalue weighted by atomic mass is 16.1. The Kier molecular flexibility index (Phi) is 3.92. The van der Waals surface area contributed by atoms with E-state index in [9.17, 15) is 14.4 Å². The average molecular weight is 300 g/mol. The van der Waals surface area contributed by atoms with Crippen LogP contribution in [0.1, 0.15) is 52.4 Å². The molecule has 0 aromatic carbocycles. The molecule has 4 unspecified atom stereocenters. The maximum atomic E-state index is 12.6. The molecule has 0 aromatic heterocycles. The van der Waals surface area contributed by atoms with Crippen molar-refractivity contribution in [3.63, 3.8) is 0 Å². The maximum Gasteiger partial charge on any atom is 0.160 e. The number of hydrogen-bond acceptors (Lipinski definition) is 3. The van der Waals surface area contributed by atoms with Gasteiger partial charge in [0.25, 0.3) is 0 Å². The van der Waals surface area contributed by atoms with E-state index in [0.29, 0.717) is 42.8 Å². The van der Waals surface area contributed by atoms with E-state index in [1.54, 1.807) is 6.08 Å². The zero-order chi connectivity index (χ0) is 15.9. The third-order valence-corrected chi connectivity index (χ3v) is 6.30. The van der Waals surface area contributed by atoms with E-state index in [1.807, 2.05) is 6.92 Å². The van der Waals surface area contributed by atoms with Crippen LogP contribution in [0.5, 0.6) is 0 Å². The van der Waals surface area contributed by atoms with Gasteiger partial charge in [-0.25, -0.2) is 0 Å². The van der Waals surface area contributed by atoms with Gasteiger partial charge in [-0.2, -0.15) is 0 Å². The monoisotopic (exact) mass is 300 g/mol. The van der Waals surface area contributed by atoms with Crippen molar-refractivity contribution in [2.24, 2.45) is 23.2 Å². The summed E-state index contributed by atoms with van der Waals surface area (Å²) < 4.78 is 0. The molecule has 0 aliphatic heterocycles. The van der Waals surface area contributed by atoms with Crippen molar-refractivity contribution in [2.45, 2.75) is 52.4 Å². The molecule has 3 heteroatoms. The molecule has 3 saturated carbocycles. The molecule has 3 nitrogen and oxygen atoms in total. The number of fused-ring (bicyclic) bond motifs is 3. The highest BCUT2D eigenvalue weighted by Crippen LogP contribution is 2.60. The maximum absolute atomic E-state index is 12.6. The third-order valence-electron chi connectivity index (χ3n) is 6.30. The SMILES string of the molecule is CC(C=CC=O)=C1C(=O)CC2C3CCC(=O)CC3CCC12C. The van der Waals surface area contributed by atoms with Crippen LogP contribution in [0.25, 0.3) is 0 Å². The Morgan fingerprint density at radius 3 is 2.73 bits per heavy atom. The third kappa shape index (κ3) is 2.31. The number of Topliss-reactive ketones (excluding diaryl/α,β-unsaturated/α-hetero) is 2. The zero-order valence-corrected chi connectivity index (χ0v) is 13.4. The second-order valence-electron chi connectivity index (χ2n) is 7.45. The minimum absolute atomic E-state index is 0.0735. The van der Waals surface area contributed by atoms with Crippen LogP contribution < -0.4 is 0 Å². The first-order valence-electron chi connectivity index (χ1n) is 8.35. The van der Waals surface area contributed by atoms with Crippen LogP contribution in [0.4, 0.5) is 0 Å². The largest absolute Gasteiger partial charge is 0.300 e. The predicted molar refractivity (Wildman–Crippen MR) is 84.2 cm³/mol. The summed E-state index contributed by atoms with van der Waals surface area (Å²) >= 11 is 0. The van der Waals surface area contributed by atoms with Crippen molar-refractivity contribution < 1.29 is 14.4 Å². The molecule has 3 fully saturated rings. The number of hydrogen-bond donors (Lipinski definition) is 0. The van der Waals surface area contributed by atoms with Crippen LogP contribution in [0, 0.1) is 23.2 Å². The lowest BCUT2D eigenvalue weighted by Gasteiger charge is -2.48. The van der Waals surface area contributed by atoms with Crippen molar-refractivity contribution in [1.29, 1.82) is 0 Å². The van der Waals surface area contributed by atoms with Crippen LogP contribution in [0.2, 0.25) is 0 Å². The number of carbonyl (C=O) groups excluding carboxylic acids is 3. The quantitative estimate of drug-likeness (QED) is 0.580. The van der Waals surface area contributed by atoms with Crippen molar-refractivity contribution in [3.8, 4) is 0 Å². The second-order valence-corrected chi connectivity index (χ2v) is 7.45. The fraction of sp³-hybridized carbons (Fsp3) is 0.632. The highest BCUT2D eigenvalue weighted by Gasteiger charge is 2.55. The van der Waals surface area contributed by atoms with Gasteiger partial charge in [0.05, 0.1) is 0 Å². The number of aldehydes is 1. The first-order valence-corrected chi connectivity index (χ1v) is 8.35. The van der Waals surface area contributed by atoms with Crippen molar-refractivity contribution in [1.82, 2.24) is 0 Å². The smallest absolute Gasteiger partial charge is 0.160 e. The first kappa shape index (κ1) is 15.4. The van der Waals surface area contributed by atoms with Crippen LogP contribution >= 0.6 is 0 Å². The summed E-state index contributed by atoms with van der Waals surface area (Å²) in [5, 5.41) is 0. The Morgan fingerprint density at radius 1 is 1.23 bits per heavy atom. The summed E-state index contributed by atoms with van der Waals surface area (Å²) in [4.78, 5) is 34.9. The molecule has 0 spiro atoms. The van der Waals surface area contributed by atoms with Gasteiger partial charge < -0.3 is 0 Å². The summed E-state index contributed by atoms with van der Waals surface area (Å²) in [6, 6.07) is 0. The molecular formula is C19H24O3. The van der Waals surface area contributed by atoms with Crippen molar-refractivity contribution in [2.75, 3.05) is 0 Å². The van der Waals surface area contributed by atoms with E-state index in [0.717, 1.165) is 36.7 Å². The average Bonchev–Trinajstić information content (AvgIpc) is 2.75. The van der Waals surface area contributed by atoms with E-state index in [2.05, 4.69) is 6.92 Å². The molecule has 0 N–H and O–H groups in total. The van der Waals surface area contributed by atoms with Gasteiger partial charge in [0.1, 0.15) is 12.1 Å². The summed E-state index contributed by atoms with van der Waals surface area (Å²) in [7, 11) is 0.